The van der Waals surface area contributed by atoms with Gasteiger partial charge in [0.15, 0.2) is 0 Å². The Morgan fingerprint density at radius 2 is 2.12 bits per heavy atom. The van der Waals surface area contributed by atoms with Gasteiger partial charge in [0.25, 0.3) is 0 Å². The first kappa shape index (κ1) is 10.2. The second-order valence-corrected chi connectivity index (χ2v) is 6.92. The van der Waals surface area contributed by atoms with E-state index in [1.807, 2.05) is 0 Å². The molecule has 3 heteroatoms. The molecule has 1 saturated carbocycles. The molecule has 0 radical (unpaired) electrons. The predicted octanol–water partition coefficient (Wildman–Crippen LogP) is 3.38. The lowest BCUT2D eigenvalue weighted by molar-refractivity contribution is 0.231. The first-order chi connectivity index (χ1) is 7.43. The number of nitrogen functional groups attached to an aromatic ring is 1. The van der Waals surface area contributed by atoms with Crippen molar-refractivity contribution in [2.75, 3.05) is 5.73 Å². The molecule has 0 aliphatic heterocycles. The number of thiophene rings is 1. The van der Waals surface area contributed by atoms with Crippen LogP contribution in [0.25, 0.3) is 0 Å². The predicted molar refractivity (Wildman–Crippen MR) is 66.6 cm³/mol. The van der Waals surface area contributed by atoms with E-state index in [-0.39, 0.29) is 10.8 Å². The van der Waals surface area contributed by atoms with Gasteiger partial charge in [-0.2, -0.15) is 5.26 Å². The summed E-state index contributed by atoms with van der Waals surface area (Å²) in [7, 11) is 0. The van der Waals surface area contributed by atoms with Crippen molar-refractivity contribution in [1.29, 1.82) is 5.26 Å². The second-order valence-electron chi connectivity index (χ2n) is 5.84. The van der Waals surface area contributed by atoms with Crippen molar-refractivity contribution in [3.63, 3.8) is 0 Å². The zero-order valence-corrected chi connectivity index (χ0v) is 10.7. The summed E-state index contributed by atoms with van der Waals surface area (Å²) in [5.74, 6) is 0.613. The van der Waals surface area contributed by atoms with Crippen LogP contribution in [0.5, 0.6) is 0 Å². The Balaban J connectivity index is 2.35. The summed E-state index contributed by atoms with van der Waals surface area (Å²) < 4.78 is 0. The molecule has 0 saturated heterocycles. The minimum atomic E-state index is 0.159. The minimum absolute atomic E-state index is 0.159. The Morgan fingerprint density at radius 3 is 2.75 bits per heavy atom. The van der Waals surface area contributed by atoms with Gasteiger partial charge in [-0.1, -0.05) is 20.8 Å². The molecule has 2 N–H and O–H groups in total. The summed E-state index contributed by atoms with van der Waals surface area (Å²) in [6.45, 7) is 7.00. The molecule has 2 atom stereocenters. The van der Waals surface area contributed by atoms with Crippen molar-refractivity contribution < 1.29 is 0 Å². The minimum Gasteiger partial charge on any atom is -0.389 e. The Hall–Kier alpha value is -1.01. The van der Waals surface area contributed by atoms with Gasteiger partial charge in [-0.25, -0.2) is 0 Å². The molecule has 84 valence electrons. The van der Waals surface area contributed by atoms with Gasteiger partial charge in [-0.05, 0) is 29.7 Å². The van der Waals surface area contributed by atoms with Crippen LogP contribution in [-0.2, 0) is 5.41 Å². The molecule has 0 aromatic carbocycles. The standard InChI is InChI=1S/C13H16N2S/c1-12(2)8-4-5-13(12,3)9-7(6-14)11(15)16-10(8)9/h8H,4-5,15H2,1-3H3/t8-,13-/m0/s1. The largest absolute Gasteiger partial charge is 0.389 e. The Labute approximate surface area is 100 Å². The van der Waals surface area contributed by atoms with E-state index in [0.717, 1.165) is 10.6 Å². The molecule has 2 aliphatic rings. The van der Waals surface area contributed by atoms with Crippen molar-refractivity contribution in [3.05, 3.63) is 16.0 Å². The fourth-order valence-electron chi connectivity index (χ4n) is 3.78. The molecular weight excluding hydrogens is 216 g/mol. The highest BCUT2D eigenvalue weighted by Crippen LogP contribution is 2.70. The molecule has 0 amide bonds. The lowest BCUT2D eigenvalue weighted by atomic mass is 9.68. The first-order valence-corrected chi connectivity index (χ1v) is 6.58. The van der Waals surface area contributed by atoms with Gasteiger partial charge in [0.05, 0.1) is 5.56 Å². The summed E-state index contributed by atoms with van der Waals surface area (Å²) in [6, 6.07) is 2.31. The number of rotatable bonds is 0. The van der Waals surface area contributed by atoms with E-state index in [0.29, 0.717) is 5.92 Å². The van der Waals surface area contributed by atoms with Crippen molar-refractivity contribution in [1.82, 2.24) is 0 Å². The molecule has 2 aliphatic carbocycles. The SMILES string of the molecule is CC1(C)[C@H]2CC[C@@]1(C)c1c2sc(N)c1C#N. The molecule has 2 bridgehead atoms. The monoisotopic (exact) mass is 232 g/mol. The van der Waals surface area contributed by atoms with Crippen molar-refractivity contribution in [3.8, 4) is 6.07 Å². The van der Waals surface area contributed by atoms with Crippen LogP contribution in [0.2, 0.25) is 0 Å². The Bertz CT molecular complexity index is 521. The molecule has 0 unspecified atom stereocenters. The molecule has 1 aromatic heterocycles. The average Bonchev–Trinajstić information content (AvgIpc) is 2.70. The summed E-state index contributed by atoms with van der Waals surface area (Å²) in [5.41, 5.74) is 8.44. The van der Waals surface area contributed by atoms with Crippen molar-refractivity contribution in [2.45, 2.75) is 44.9 Å². The van der Waals surface area contributed by atoms with E-state index < -0.39 is 0 Å². The third-order valence-corrected chi connectivity index (χ3v) is 6.30. The number of anilines is 1. The summed E-state index contributed by atoms with van der Waals surface area (Å²) in [6.07, 6.45) is 2.45. The highest BCUT2D eigenvalue weighted by molar-refractivity contribution is 7.16. The van der Waals surface area contributed by atoms with E-state index in [9.17, 15) is 5.26 Å². The average molecular weight is 232 g/mol. The topological polar surface area (TPSA) is 49.8 Å². The molecule has 3 rings (SSSR count). The van der Waals surface area contributed by atoms with Crippen molar-refractivity contribution >= 4 is 16.3 Å². The maximum absolute atomic E-state index is 9.26. The fraction of sp³-hybridized carbons (Fsp3) is 0.615. The molecule has 1 fully saturated rings. The molecule has 1 aromatic rings. The van der Waals surface area contributed by atoms with Crippen molar-refractivity contribution in [2.24, 2.45) is 5.41 Å². The van der Waals surface area contributed by atoms with Gasteiger partial charge >= 0.3 is 0 Å². The maximum Gasteiger partial charge on any atom is 0.104 e. The van der Waals surface area contributed by atoms with Gasteiger partial charge in [-0.3, -0.25) is 0 Å². The van der Waals surface area contributed by atoms with Gasteiger partial charge < -0.3 is 5.73 Å². The van der Waals surface area contributed by atoms with Gasteiger partial charge in [0.2, 0.25) is 0 Å². The van der Waals surface area contributed by atoms with Crippen LogP contribution in [-0.4, -0.2) is 0 Å². The van der Waals surface area contributed by atoms with Crippen LogP contribution in [0.15, 0.2) is 0 Å². The maximum atomic E-state index is 9.26. The van der Waals surface area contributed by atoms with E-state index in [1.54, 1.807) is 11.3 Å². The number of nitriles is 1. The number of nitrogens with two attached hydrogens (primary N) is 1. The fourth-order valence-corrected chi connectivity index (χ4v) is 5.25. The van der Waals surface area contributed by atoms with E-state index in [1.165, 1.54) is 23.3 Å². The second kappa shape index (κ2) is 2.62. The van der Waals surface area contributed by atoms with E-state index in [2.05, 4.69) is 26.8 Å². The summed E-state index contributed by atoms with van der Waals surface area (Å²) in [5, 5.41) is 9.98. The van der Waals surface area contributed by atoms with Crippen LogP contribution in [0.4, 0.5) is 5.00 Å². The molecular formula is C13H16N2S. The van der Waals surface area contributed by atoms with Crippen LogP contribution < -0.4 is 5.73 Å². The van der Waals surface area contributed by atoms with E-state index >= 15 is 0 Å². The Kier molecular flexibility index (Phi) is 1.67. The smallest absolute Gasteiger partial charge is 0.104 e. The number of hydrogen-bond acceptors (Lipinski definition) is 3. The van der Waals surface area contributed by atoms with Crippen LogP contribution in [0.3, 0.4) is 0 Å². The van der Waals surface area contributed by atoms with Crippen LogP contribution in [0.1, 0.15) is 55.5 Å². The molecule has 1 heterocycles. The van der Waals surface area contributed by atoms with Crippen LogP contribution >= 0.6 is 11.3 Å². The van der Waals surface area contributed by atoms with Gasteiger partial charge in [-0.15, -0.1) is 11.3 Å². The van der Waals surface area contributed by atoms with Gasteiger partial charge in [0, 0.05) is 10.3 Å². The molecule has 0 spiro atoms. The summed E-state index contributed by atoms with van der Waals surface area (Å²) in [4.78, 5) is 1.40. The lowest BCUT2D eigenvalue weighted by Crippen LogP contribution is -2.31. The number of hydrogen-bond donors (Lipinski definition) is 1. The zero-order chi connectivity index (χ0) is 11.7. The molecule has 16 heavy (non-hydrogen) atoms. The first-order valence-electron chi connectivity index (χ1n) is 5.76. The summed E-state index contributed by atoms with van der Waals surface area (Å²) >= 11 is 1.65. The Morgan fingerprint density at radius 1 is 1.44 bits per heavy atom. The molecule has 2 nitrogen and oxygen atoms in total. The van der Waals surface area contributed by atoms with Gasteiger partial charge in [0.1, 0.15) is 11.1 Å². The zero-order valence-electron chi connectivity index (χ0n) is 9.92. The third kappa shape index (κ3) is 0.811. The number of nitrogens with zero attached hydrogens (tertiary/aromatic N) is 1. The lowest BCUT2D eigenvalue weighted by Gasteiger charge is -2.35. The van der Waals surface area contributed by atoms with E-state index in [4.69, 9.17) is 5.73 Å². The third-order valence-electron chi connectivity index (χ3n) is 5.17. The number of fused-ring (bicyclic) bond motifs is 5. The normalized spacial score (nSPS) is 33.8. The highest BCUT2D eigenvalue weighted by Gasteiger charge is 2.61. The van der Waals surface area contributed by atoms with Crippen LogP contribution in [0, 0.1) is 16.7 Å². The highest BCUT2D eigenvalue weighted by atomic mass is 32.1. The quantitative estimate of drug-likeness (QED) is 0.745.